The lowest BCUT2D eigenvalue weighted by Gasteiger charge is -2.17. The fourth-order valence-electron chi connectivity index (χ4n) is 3.39. The number of pyridine rings is 1. The van der Waals surface area contributed by atoms with Crippen molar-refractivity contribution in [1.29, 1.82) is 0 Å². The maximum atomic E-state index is 13.0. The molecule has 1 aliphatic carbocycles. The van der Waals surface area contributed by atoms with Crippen LogP contribution in [0.3, 0.4) is 0 Å². The summed E-state index contributed by atoms with van der Waals surface area (Å²) in [4.78, 5) is 4.93. The number of aromatic nitrogens is 1. The van der Waals surface area contributed by atoms with Crippen molar-refractivity contribution in [2.24, 2.45) is 0 Å². The number of benzene rings is 2. The van der Waals surface area contributed by atoms with E-state index in [1.54, 1.807) is 18.3 Å². The summed E-state index contributed by atoms with van der Waals surface area (Å²) in [5, 5.41) is 3.25. The Bertz CT molecular complexity index is 1210. The minimum atomic E-state index is -1.46. The molecule has 0 spiro atoms. The van der Waals surface area contributed by atoms with Crippen molar-refractivity contribution >= 4 is 22.5 Å². The van der Waals surface area contributed by atoms with E-state index in [9.17, 15) is 4.21 Å². The number of nitrogens with zero attached hydrogens (tertiary/aromatic N) is 1. The van der Waals surface area contributed by atoms with E-state index < -0.39 is 17.2 Å². The van der Waals surface area contributed by atoms with Crippen LogP contribution in [-0.2, 0) is 11.0 Å². The first-order valence-corrected chi connectivity index (χ1v) is 11.4. The second kappa shape index (κ2) is 9.11. The van der Waals surface area contributed by atoms with Crippen molar-refractivity contribution in [3.05, 3.63) is 109 Å². The average molecular weight is 444 g/mol. The zero-order valence-electron chi connectivity index (χ0n) is 17.1. The number of rotatable bonds is 6. The molecule has 6 nitrogen and oxygen atoms in total. The number of hydrogen-bond acceptors (Lipinski definition) is 5. The topological polar surface area (TPSA) is 72.5 Å². The number of allylic oxidation sites excluding steroid dienone is 5. The molecule has 2 N–H and O–H groups in total. The minimum absolute atomic E-state index is 0.411. The number of nitrogens with one attached hydrogen (secondary N) is 2. The first kappa shape index (κ1) is 20.1. The lowest BCUT2D eigenvalue weighted by Crippen LogP contribution is -2.14. The molecule has 0 saturated heterocycles. The molecular formula is C25H21N3O3S. The van der Waals surface area contributed by atoms with Crippen LogP contribution in [0.15, 0.2) is 108 Å². The molecule has 2 aliphatic rings. The van der Waals surface area contributed by atoms with Crippen LogP contribution in [0.1, 0.15) is 18.2 Å². The second-order valence-corrected chi connectivity index (χ2v) is 8.37. The highest BCUT2D eigenvalue weighted by Gasteiger charge is 2.26. The lowest BCUT2D eigenvalue weighted by molar-refractivity contribution is 0.260. The molecule has 2 aromatic carbocycles. The Balaban J connectivity index is 1.29. The SMILES string of the molecule is O=S(Nc1ccccc1C1Nc2ncccc2O1)c1ccc(OC2=CC=CCC=C2)cc1. The number of anilines is 2. The Morgan fingerprint density at radius 2 is 1.94 bits per heavy atom. The van der Waals surface area contributed by atoms with E-state index in [-0.39, 0.29) is 0 Å². The Hall–Kier alpha value is -3.84. The van der Waals surface area contributed by atoms with Gasteiger partial charge in [-0.1, -0.05) is 36.4 Å². The highest BCUT2D eigenvalue weighted by molar-refractivity contribution is 7.86. The molecule has 3 aromatic rings. The second-order valence-electron chi connectivity index (χ2n) is 7.16. The van der Waals surface area contributed by atoms with Gasteiger partial charge in [-0.25, -0.2) is 9.19 Å². The smallest absolute Gasteiger partial charge is 0.199 e. The molecule has 160 valence electrons. The fraction of sp³-hybridized carbons (Fsp3) is 0.0800. The highest BCUT2D eigenvalue weighted by atomic mass is 32.2. The van der Waals surface area contributed by atoms with Crippen LogP contribution in [0.2, 0.25) is 0 Å². The highest BCUT2D eigenvalue weighted by Crippen LogP contribution is 2.38. The Morgan fingerprint density at radius 1 is 1.06 bits per heavy atom. The summed E-state index contributed by atoms with van der Waals surface area (Å²) in [6, 6.07) is 18.5. The summed E-state index contributed by atoms with van der Waals surface area (Å²) in [6.07, 6.45) is 12.1. The first-order valence-electron chi connectivity index (χ1n) is 10.2. The molecule has 1 aliphatic heterocycles. The summed E-state index contributed by atoms with van der Waals surface area (Å²) in [7, 11) is -1.46. The molecule has 1 aromatic heterocycles. The van der Waals surface area contributed by atoms with Gasteiger partial charge in [0.15, 0.2) is 17.8 Å². The Labute approximate surface area is 188 Å². The van der Waals surface area contributed by atoms with Crippen molar-refractivity contribution in [2.75, 3.05) is 10.0 Å². The Kier molecular flexibility index (Phi) is 5.72. The van der Waals surface area contributed by atoms with E-state index in [1.807, 2.05) is 72.8 Å². The van der Waals surface area contributed by atoms with Gasteiger partial charge in [0, 0.05) is 11.8 Å². The van der Waals surface area contributed by atoms with Crippen molar-refractivity contribution in [1.82, 2.24) is 4.98 Å². The summed E-state index contributed by atoms with van der Waals surface area (Å²) in [5.74, 6) is 2.83. The molecule has 5 rings (SSSR count). The van der Waals surface area contributed by atoms with E-state index in [4.69, 9.17) is 9.47 Å². The van der Waals surface area contributed by atoms with Gasteiger partial charge < -0.3 is 19.5 Å². The summed E-state index contributed by atoms with van der Waals surface area (Å²) >= 11 is 0. The van der Waals surface area contributed by atoms with Crippen LogP contribution in [0.5, 0.6) is 11.5 Å². The van der Waals surface area contributed by atoms with Gasteiger partial charge >= 0.3 is 0 Å². The van der Waals surface area contributed by atoms with Crippen LogP contribution >= 0.6 is 0 Å². The third-order valence-corrected chi connectivity index (χ3v) is 6.06. The van der Waals surface area contributed by atoms with Gasteiger partial charge in [-0.2, -0.15) is 0 Å². The third kappa shape index (κ3) is 4.43. The van der Waals surface area contributed by atoms with Gasteiger partial charge in [-0.3, -0.25) is 0 Å². The van der Waals surface area contributed by atoms with Crippen molar-refractivity contribution in [3.8, 4) is 11.5 Å². The van der Waals surface area contributed by atoms with Crippen molar-refractivity contribution < 1.29 is 13.7 Å². The average Bonchev–Trinajstić information content (AvgIpc) is 3.09. The fourth-order valence-corrected chi connectivity index (χ4v) is 4.28. The molecule has 2 heterocycles. The van der Waals surface area contributed by atoms with Crippen molar-refractivity contribution in [2.45, 2.75) is 17.5 Å². The lowest BCUT2D eigenvalue weighted by atomic mass is 10.1. The van der Waals surface area contributed by atoms with Crippen LogP contribution in [0.25, 0.3) is 0 Å². The van der Waals surface area contributed by atoms with Gasteiger partial charge in [-0.15, -0.1) is 0 Å². The minimum Gasteiger partial charge on any atom is -0.462 e. The molecule has 0 saturated carbocycles. The summed E-state index contributed by atoms with van der Waals surface area (Å²) < 4.78 is 28.0. The van der Waals surface area contributed by atoms with E-state index in [1.165, 1.54) is 0 Å². The monoisotopic (exact) mass is 443 g/mol. The normalized spacial score (nSPS) is 17.4. The van der Waals surface area contributed by atoms with Crippen LogP contribution < -0.4 is 19.5 Å². The van der Waals surface area contributed by atoms with Gasteiger partial charge in [0.05, 0.1) is 10.6 Å². The molecule has 2 atom stereocenters. The number of fused-ring (bicyclic) bond motifs is 1. The van der Waals surface area contributed by atoms with Gasteiger partial charge in [0.1, 0.15) is 22.5 Å². The summed E-state index contributed by atoms with van der Waals surface area (Å²) in [5.41, 5.74) is 1.57. The van der Waals surface area contributed by atoms with Crippen LogP contribution in [-0.4, -0.2) is 9.19 Å². The molecule has 32 heavy (non-hydrogen) atoms. The van der Waals surface area contributed by atoms with E-state index in [0.717, 1.165) is 23.4 Å². The molecule has 7 heteroatoms. The van der Waals surface area contributed by atoms with Gasteiger partial charge in [0.2, 0.25) is 0 Å². The third-order valence-electron chi connectivity index (χ3n) is 4.95. The van der Waals surface area contributed by atoms with Gasteiger partial charge in [0.25, 0.3) is 0 Å². The number of para-hydroxylation sites is 1. The largest absolute Gasteiger partial charge is 0.462 e. The van der Waals surface area contributed by atoms with E-state index >= 15 is 0 Å². The molecular weight excluding hydrogens is 422 g/mol. The van der Waals surface area contributed by atoms with E-state index in [2.05, 4.69) is 21.1 Å². The zero-order chi connectivity index (χ0) is 21.8. The predicted molar refractivity (Wildman–Crippen MR) is 126 cm³/mol. The number of hydrogen-bond donors (Lipinski definition) is 2. The van der Waals surface area contributed by atoms with Gasteiger partial charge in [-0.05, 0) is 61.0 Å². The summed E-state index contributed by atoms with van der Waals surface area (Å²) in [6.45, 7) is 0. The molecule has 0 amide bonds. The molecule has 2 unspecified atom stereocenters. The first-order chi connectivity index (χ1) is 15.8. The molecule has 0 fully saturated rings. The Morgan fingerprint density at radius 3 is 2.81 bits per heavy atom. The maximum Gasteiger partial charge on any atom is 0.199 e. The van der Waals surface area contributed by atoms with Crippen LogP contribution in [0, 0.1) is 0 Å². The van der Waals surface area contributed by atoms with Crippen LogP contribution in [0.4, 0.5) is 11.5 Å². The number of ether oxygens (including phenoxy) is 2. The predicted octanol–water partition coefficient (Wildman–Crippen LogP) is 5.50. The molecule has 0 bridgehead atoms. The zero-order valence-corrected chi connectivity index (χ0v) is 17.9. The molecule has 0 radical (unpaired) electrons. The maximum absolute atomic E-state index is 13.0. The van der Waals surface area contributed by atoms with Crippen molar-refractivity contribution in [3.63, 3.8) is 0 Å². The quantitative estimate of drug-likeness (QED) is 0.526. The van der Waals surface area contributed by atoms with E-state index in [0.29, 0.717) is 22.2 Å². The standard InChI is InChI=1S/C25H21N3O3S/c29-32(20-15-13-19(14-16-20)30-18-8-3-1-2-4-9-18)28-22-11-6-5-10-21(22)25-27-24-23(31-25)12-7-17-26-24/h1,3-17,25,28H,2H2,(H,26,27).